The summed E-state index contributed by atoms with van der Waals surface area (Å²) in [4.78, 5) is 22.3. The van der Waals surface area contributed by atoms with E-state index in [4.69, 9.17) is 14.6 Å². The summed E-state index contributed by atoms with van der Waals surface area (Å²) < 4.78 is 11.3. The summed E-state index contributed by atoms with van der Waals surface area (Å²) >= 11 is 0. The number of hydrogen-bond acceptors (Lipinski definition) is 4. The lowest BCUT2D eigenvalue weighted by molar-refractivity contribution is -0.141. The lowest BCUT2D eigenvalue weighted by Gasteiger charge is -2.18. The number of fused-ring (bicyclic) bond motifs is 1. The summed E-state index contributed by atoms with van der Waals surface area (Å²) in [5, 5.41) is 11.1. The van der Waals surface area contributed by atoms with E-state index in [1.54, 1.807) is 6.07 Å². The highest BCUT2D eigenvalue weighted by Crippen LogP contribution is 2.41. The highest BCUT2D eigenvalue weighted by atomic mass is 16.5. The highest BCUT2D eigenvalue weighted by Gasteiger charge is 2.32. The predicted octanol–water partition coefficient (Wildman–Crippen LogP) is 1.37. The number of para-hydroxylation sites is 1. The number of rotatable bonds is 5. The molecule has 0 saturated carbocycles. The topological polar surface area (TPSA) is 84.9 Å². The van der Waals surface area contributed by atoms with Gasteiger partial charge in [0.05, 0.1) is 0 Å². The average Bonchev–Trinajstić information content (AvgIpc) is 2.70. The normalized spacial score (nSPS) is 16.5. The van der Waals surface area contributed by atoms with Crippen LogP contribution < -0.4 is 14.8 Å². The van der Waals surface area contributed by atoms with E-state index < -0.39 is 17.9 Å². The predicted molar refractivity (Wildman–Crippen MR) is 75.6 cm³/mol. The van der Waals surface area contributed by atoms with E-state index in [2.05, 4.69) is 5.32 Å². The van der Waals surface area contributed by atoms with Crippen molar-refractivity contribution in [2.75, 3.05) is 6.61 Å². The van der Waals surface area contributed by atoms with Gasteiger partial charge in [-0.2, -0.15) is 0 Å². The Morgan fingerprint density at radius 3 is 2.86 bits per heavy atom. The molecule has 0 saturated heterocycles. The largest absolute Gasteiger partial charge is 0.483 e. The standard InChI is InChI=1S/C15H19NO5/c1-9(14(18)19)16-12(17)8-20-11-6-4-5-10-7-15(2,3)21-13(10)11/h4-6,9H,7-8H2,1-3H3,(H,16,17)(H,18,19)/t9-/m1/s1. The highest BCUT2D eigenvalue weighted by molar-refractivity contribution is 5.84. The Kier molecular flexibility index (Phi) is 4.06. The molecular weight excluding hydrogens is 274 g/mol. The van der Waals surface area contributed by atoms with Crippen molar-refractivity contribution in [2.24, 2.45) is 0 Å². The van der Waals surface area contributed by atoms with E-state index in [1.165, 1.54) is 6.92 Å². The van der Waals surface area contributed by atoms with Crippen molar-refractivity contribution in [1.29, 1.82) is 0 Å². The lowest BCUT2D eigenvalue weighted by Crippen LogP contribution is -2.40. The zero-order chi connectivity index (χ0) is 15.6. The summed E-state index contributed by atoms with van der Waals surface area (Å²) in [5.74, 6) is -0.424. The number of aliphatic carboxylic acids is 1. The minimum Gasteiger partial charge on any atom is -0.483 e. The summed E-state index contributed by atoms with van der Waals surface area (Å²) in [6, 6.07) is 4.59. The van der Waals surface area contributed by atoms with Crippen molar-refractivity contribution >= 4 is 11.9 Å². The second kappa shape index (κ2) is 5.63. The van der Waals surface area contributed by atoms with Gasteiger partial charge in [0.15, 0.2) is 18.1 Å². The molecule has 2 N–H and O–H groups in total. The molecule has 0 unspecified atom stereocenters. The quantitative estimate of drug-likeness (QED) is 0.856. The van der Waals surface area contributed by atoms with Crippen molar-refractivity contribution in [1.82, 2.24) is 5.32 Å². The van der Waals surface area contributed by atoms with Crippen molar-refractivity contribution < 1.29 is 24.2 Å². The van der Waals surface area contributed by atoms with Gasteiger partial charge in [0.2, 0.25) is 0 Å². The Morgan fingerprint density at radius 1 is 1.48 bits per heavy atom. The first kappa shape index (κ1) is 15.2. The van der Waals surface area contributed by atoms with Crippen LogP contribution in [0.1, 0.15) is 26.3 Å². The fourth-order valence-corrected chi connectivity index (χ4v) is 2.19. The van der Waals surface area contributed by atoms with Crippen LogP contribution in [-0.2, 0) is 16.0 Å². The van der Waals surface area contributed by atoms with Gasteiger partial charge in [-0.05, 0) is 26.8 Å². The molecule has 6 heteroatoms. The molecule has 21 heavy (non-hydrogen) atoms. The molecule has 6 nitrogen and oxygen atoms in total. The number of hydrogen-bond donors (Lipinski definition) is 2. The second-order valence-electron chi connectivity index (χ2n) is 5.70. The maximum absolute atomic E-state index is 11.6. The Morgan fingerprint density at radius 2 is 2.19 bits per heavy atom. The van der Waals surface area contributed by atoms with Gasteiger partial charge in [-0.15, -0.1) is 0 Å². The number of amides is 1. The van der Waals surface area contributed by atoms with Gasteiger partial charge in [-0.25, -0.2) is 0 Å². The fourth-order valence-electron chi connectivity index (χ4n) is 2.19. The first-order chi connectivity index (χ1) is 9.78. The van der Waals surface area contributed by atoms with Crippen molar-refractivity contribution in [3.63, 3.8) is 0 Å². The zero-order valence-corrected chi connectivity index (χ0v) is 12.3. The molecule has 0 aromatic heterocycles. The summed E-state index contributed by atoms with van der Waals surface area (Å²) in [6.45, 7) is 5.11. The molecule has 1 amide bonds. The third-order valence-corrected chi connectivity index (χ3v) is 3.16. The van der Waals surface area contributed by atoms with Crippen LogP contribution in [-0.4, -0.2) is 35.2 Å². The lowest BCUT2D eigenvalue weighted by atomic mass is 10.0. The molecule has 1 heterocycles. The molecular formula is C15H19NO5. The molecule has 1 aliphatic heterocycles. The molecule has 0 aliphatic carbocycles. The van der Waals surface area contributed by atoms with Gasteiger partial charge in [0.1, 0.15) is 11.6 Å². The summed E-state index contributed by atoms with van der Waals surface area (Å²) in [7, 11) is 0. The zero-order valence-electron chi connectivity index (χ0n) is 12.3. The minimum atomic E-state index is -1.09. The molecule has 2 rings (SSSR count). The van der Waals surface area contributed by atoms with Crippen molar-refractivity contribution in [2.45, 2.75) is 38.8 Å². The average molecular weight is 293 g/mol. The number of carboxylic acid groups (broad SMARTS) is 1. The molecule has 1 aromatic rings. The van der Waals surface area contributed by atoms with Gasteiger partial charge in [-0.1, -0.05) is 12.1 Å². The van der Waals surface area contributed by atoms with Gasteiger partial charge < -0.3 is 19.9 Å². The van der Waals surface area contributed by atoms with Gasteiger partial charge >= 0.3 is 5.97 Å². The number of carboxylic acids is 1. The Hall–Kier alpha value is -2.24. The number of benzene rings is 1. The minimum absolute atomic E-state index is 0.252. The number of ether oxygens (including phenoxy) is 2. The van der Waals surface area contributed by atoms with Crippen LogP contribution in [0, 0.1) is 0 Å². The molecule has 0 fully saturated rings. The smallest absolute Gasteiger partial charge is 0.325 e. The maximum Gasteiger partial charge on any atom is 0.325 e. The third kappa shape index (κ3) is 3.65. The van der Waals surface area contributed by atoms with E-state index in [-0.39, 0.29) is 12.2 Å². The van der Waals surface area contributed by atoms with E-state index >= 15 is 0 Å². The van der Waals surface area contributed by atoms with Crippen molar-refractivity contribution in [3.8, 4) is 11.5 Å². The number of nitrogens with one attached hydrogen (secondary N) is 1. The maximum atomic E-state index is 11.6. The number of carbonyl (C=O) groups excluding carboxylic acids is 1. The Labute approximate surface area is 123 Å². The van der Waals surface area contributed by atoms with Gasteiger partial charge in [0.25, 0.3) is 5.91 Å². The number of carbonyl (C=O) groups is 2. The van der Waals surface area contributed by atoms with E-state index in [0.29, 0.717) is 11.5 Å². The molecule has 1 aliphatic rings. The monoisotopic (exact) mass is 293 g/mol. The van der Waals surface area contributed by atoms with Crippen molar-refractivity contribution in [3.05, 3.63) is 23.8 Å². The SMILES string of the molecule is C[C@@H](NC(=O)COc1cccc2c1OC(C)(C)C2)C(=O)O. The molecule has 0 radical (unpaired) electrons. The summed E-state index contributed by atoms with van der Waals surface area (Å²) in [5.41, 5.74) is 0.749. The second-order valence-corrected chi connectivity index (χ2v) is 5.70. The Balaban J connectivity index is 1.98. The Bertz CT molecular complexity index is 567. The fraction of sp³-hybridized carbons (Fsp3) is 0.467. The van der Waals surface area contributed by atoms with Crippen LogP contribution in [0.25, 0.3) is 0 Å². The molecule has 0 spiro atoms. The van der Waals surface area contributed by atoms with Crippen LogP contribution in [0.15, 0.2) is 18.2 Å². The van der Waals surface area contributed by atoms with E-state index in [1.807, 2.05) is 26.0 Å². The first-order valence-electron chi connectivity index (χ1n) is 6.74. The third-order valence-electron chi connectivity index (χ3n) is 3.16. The van der Waals surface area contributed by atoms with Crippen LogP contribution in [0.3, 0.4) is 0 Å². The molecule has 0 bridgehead atoms. The van der Waals surface area contributed by atoms with Gasteiger partial charge in [-0.3, -0.25) is 9.59 Å². The first-order valence-corrected chi connectivity index (χ1v) is 6.74. The molecule has 1 aromatic carbocycles. The van der Waals surface area contributed by atoms with E-state index in [9.17, 15) is 9.59 Å². The van der Waals surface area contributed by atoms with Crippen LogP contribution in [0.2, 0.25) is 0 Å². The van der Waals surface area contributed by atoms with Gasteiger partial charge in [0, 0.05) is 12.0 Å². The van der Waals surface area contributed by atoms with Crippen LogP contribution >= 0.6 is 0 Å². The summed E-state index contributed by atoms with van der Waals surface area (Å²) in [6.07, 6.45) is 0.780. The molecule has 114 valence electrons. The molecule has 1 atom stereocenters. The van der Waals surface area contributed by atoms with Crippen LogP contribution in [0.5, 0.6) is 11.5 Å². The van der Waals surface area contributed by atoms with Crippen LogP contribution in [0.4, 0.5) is 0 Å². The van der Waals surface area contributed by atoms with E-state index in [0.717, 1.165) is 12.0 Å².